The van der Waals surface area contributed by atoms with Crippen molar-refractivity contribution < 1.29 is 14.7 Å². The van der Waals surface area contributed by atoms with Crippen molar-refractivity contribution in [2.24, 2.45) is 0 Å². The Labute approximate surface area is 102 Å². The highest BCUT2D eigenvalue weighted by Crippen LogP contribution is 2.17. The molecular formula is C12H22N2O3. The molecule has 1 heterocycles. The van der Waals surface area contributed by atoms with Gasteiger partial charge in [0.1, 0.15) is 6.04 Å². The molecule has 0 aliphatic carbocycles. The molecule has 98 valence electrons. The molecule has 0 aromatic carbocycles. The van der Waals surface area contributed by atoms with E-state index in [2.05, 4.69) is 5.32 Å². The third-order valence-corrected chi connectivity index (χ3v) is 2.78. The van der Waals surface area contributed by atoms with E-state index in [1.807, 2.05) is 20.8 Å². The van der Waals surface area contributed by atoms with Gasteiger partial charge in [-0.1, -0.05) is 12.8 Å². The molecule has 1 atom stereocenters. The lowest BCUT2D eigenvalue weighted by molar-refractivity contribution is -0.142. The van der Waals surface area contributed by atoms with Gasteiger partial charge >= 0.3 is 12.0 Å². The number of nitrogens with zero attached hydrogens (tertiary/aromatic N) is 1. The van der Waals surface area contributed by atoms with Crippen molar-refractivity contribution >= 4 is 12.0 Å². The Balaban J connectivity index is 2.75. The van der Waals surface area contributed by atoms with Crippen molar-refractivity contribution in [3.8, 4) is 0 Å². The van der Waals surface area contributed by atoms with E-state index in [9.17, 15) is 9.59 Å². The molecule has 0 saturated carbocycles. The van der Waals surface area contributed by atoms with Crippen molar-refractivity contribution in [3.05, 3.63) is 0 Å². The second-order valence-corrected chi connectivity index (χ2v) is 5.58. The summed E-state index contributed by atoms with van der Waals surface area (Å²) in [5.74, 6) is -0.907. The summed E-state index contributed by atoms with van der Waals surface area (Å²) in [4.78, 5) is 24.7. The monoisotopic (exact) mass is 242 g/mol. The van der Waals surface area contributed by atoms with Crippen LogP contribution in [0.15, 0.2) is 0 Å². The molecule has 1 fully saturated rings. The molecule has 0 aromatic heterocycles. The van der Waals surface area contributed by atoms with Crippen molar-refractivity contribution in [1.82, 2.24) is 10.2 Å². The summed E-state index contributed by atoms with van der Waals surface area (Å²) < 4.78 is 0. The third-order valence-electron chi connectivity index (χ3n) is 2.78. The number of urea groups is 1. The quantitative estimate of drug-likeness (QED) is 0.737. The average molecular weight is 242 g/mol. The van der Waals surface area contributed by atoms with E-state index in [1.165, 1.54) is 4.90 Å². The standard InChI is InChI=1S/C12H22N2O3/c1-12(2,3)13-11(17)14-8-6-4-5-7-9(14)10(15)16/h9H,4-8H2,1-3H3,(H,13,17)(H,15,16). The van der Waals surface area contributed by atoms with Crippen LogP contribution in [0.1, 0.15) is 46.5 Å². The number of carbonyl (C=O) groups is 2. The summed E-state index contributed by atoms with van der Waals surface area (Å²) in [5, 5.41) is 12.0. The van der Waals surface area contributed by atoms with Crippen LogP contribution in [0.25, 0.3) is 0 Å². The Morgan fingerprint density at radius 2 is 1.88 bits per heavy atom. The Morgan fingerprint density at radius 1 is 1.24 bits per heavy atom. The van der Waals surface area contributed by atoms with Crippen LogP contribution >= 0.6 is 0 Å². The van der Waals surface area contributed by atoms with E-state index in [0.29, 0.717) is 13.0 Å². The molecule has 1 unspecified atom stereocenters. The minimum atomic E-state index is -0.907. The number of carboxylic acid groups (broad SMARTS) is 1. The van der Waals surface area contributed by atoms with E-state index in [1.54, 1.807) is 0 Å². The number of hydrogen-bond donors (Lipinski definition) is 2. The van der Waals surface area contributed by atoms with Crippen LogP contribution in [0.5, 0.6) is 0 Å². The maximum absolute atomic E-state index is 12.0. The minimum absolute atomic E-state index is 0.271. The average Bonchev–Trinajstić information content (AvgIpc) is 2.39. The summed E-state index contributed by atoms with van der Waals surface area (Å²) in [7, 11) is 0. The fourth-order valence-electron chi connectivity index (χ4n) is 2.00. The van der Waals surface area contributed by atoms with Gasteiger partial charge in [0.25, 0.3) is 0 Å². The van der Waals surface area contributed by atoms with Crippen LogP contribution in [0.2, 0.25) is 0 Å². The maximum Gasteiger partial charge on any atom is 0.326 e. The summed E-state index contributed by atoms with van der Waals surface area (Å²) in [6, 6.07) is -0.952. The van der Waals surface area contributed by atoms with Crippen molar-refractivity contribution in [1.29, 1.82) is 0 Å². The van der Waals surface area contributed by atoms with Crippen LogP contribution in [0.4, 0.5) is 4.79 Å². The first-order chi connectivity index (χ1) is 7.81. The number of carboxylic acids is 1. The second kappa shape index (κ2) is 5.38. The topological polar surface area (TPSA) is 69.6 Å². The lowest BCUT2D eigenvalue weighted by Crippen LogP contribution is -2.53. The van der Waals surface area contributed by atoms with Crippen molar-refractivity contribution in [2.45, 2.75) is 58.0 Å². The zero-order valence-electron chi connectivity index (χ0n) is 10.8. The summed E-state index contributed by atoms with van der Waals surface area (Å²) >= 11 is 0. The minimum Gasteiger partial charge on any atom is -0.480 e. The van der Waals surface area contributed by atoms with Gasteiger partial charge in [-0.25, -0.2) is 9.59 Å². The van der Waals surface area contributed by atoms with E-state index in [4.69, 9.17) is 5.11 Å². The fraction of sp³-hybridized carbons (Fsp3) is 0.833. The SMILES string of the molecule is CC(C)(C)NC(=O)N1CCCCCC1C(=O)O. The molecule has 0 aromatic rings. The molecule has 5 nitrogen and oxygen atoms in total. The van der Waals surface area contributed by atoms with Gasteiger partial charge in [-0.3, -0.25) is 0 Å². The van der Waals surface area contributed by atoms with E-state index < -0.39 is 12.0 Å². The van der Waals surface area contributed by atoms with Gasteiger partial charge in [-0.15, -0.1) is 0 Å². The van der Waals surface area contributed by atoms with Crippen LogP contribution in [-0.4, -0.2) is 40.1 Å². The van der Waals surface area contributed by atoms with E-state index >= 15 is 0 Å². The maximum atomic E-state index is 12.0. The summed E-state index contributed by atoms with van der Waals surface area (Å²) in [5.41, 5.74) is -0.341. The van der Waals surface area contributed by atoms with Gasteiger partial charge in [0.15, 0.2) is 0 Å². The molecule has 1 aliphatic heterocycles. The largest absolute Gasteiger partial charge is 0.480 e. The van der Waals surface area contributed by atoms with Crippen molar-refractivity contribution in [3.63, 3.8) is 0 Å². The molecule has 0 spiro atoms. The number of nitrogens with one attached hydrogen (secondary N) is 1. The predicted octanol–water partition coefficient (Wildman–Crippen LogP) is 1.82. The Kier molecular flexibility index (Phi) is 4.37. The van der Waals surface area contributed by atoms with Gasteiger partial charge in [0.05, 0.1) is 0 Å². The normalized spacial score (nSPS) is 21.8. The second-order valence-electron chi connectivity index (χ2n) is 5.58. The van der Waals surface area contributed by atoms with Crippen molar-refractivity contribution in [2.75, 3.05) is 6.54 Å². The molecule has 1 saturated heterocycles. The van der Waals surface area contributed by atoms with E-state index in [0.717, 1.165) is 19.3 Å². The number of likely N-dealkylation sites (tertiary alicyclic amines) is 1. The lowest BCUT2D eigenvalue weighted by atomic mass is 10.1. The Bertz CT molecular complexity index is 297. The molecule has 1 aliphatic rings. The highest BCUT2D eigenvalue weighted by Gasteiger charge is 2.32. The van der Waals surface area contributed by atoms with E-state index in [-0.39, 0.29) is 11.6 Å². The third kappa shape index (κ3) is 4.24. The van der Waals surface area contributed by atoms with Gasteiger partial charge in [-0.2, -0.15) is 0 Å². The smallest absolute Gasteiger partial charge is 0.326 e. The highest BCUT2D eigenvalue weighted by molar-refractivity contribution is 5.83. The van der Waals surface area contributed by atoms with Gasteiger partial charge in [0.2, 0.25) is 0 Å². The number of amides is 2. The van der Waals surface area contributed by atoms with Crippen LogP contribution in [0.3, 0.4) is 0 Å². The molecule has 0 bridgehead atoms. The highest BCUT2D eigenvalue weighted by atomic mass is 16.4. The summed E-state index contributed by atoms with van der Waals surface area (Å²) in [6.45, 7) is 6.19. The molecule has 0 radical (unpaired) electrons. The first-order valence-corrected chi connectivity index (χ1v) is 6.13. The molecule has 2 amide bonds. The zero-order valence-corrected chi connectivity index (χ0v) is 10.8. The number of hydrogen-bond acceptors (Lipinski definition) is 2. The number of carbonyl (C=O) groups excluding carboxylic acids is 1. The predicted molar refractivity (Wildman–Crippen MR) is 64.9 cm³/mol. The molecule has 5 heteroatoms. The Hall–Kier alpha value is -1.26. The van der Waals surface area contributed by atoms with Gasteiger partial charge < -0.3 is 15.3 Å². The number of aliphatic carboxylic acids is 1. The first kappa shape index (κ1) is 13.8. The molecular weight excluding hydrogens is 220 g/mol. The van der Waals surface area contributed by atoms with Gasteiger partial charge in [0, 0.05) is 12.1 Å². The fourth-order valence-corrected chi connectivity index (χ4v) is 2.00. The van der Waals surface area contributed by atoms with Crippen LogP contribution < -0.4 is 5.32 Å². The number of rotatable bonds is 1. The molecule has 17 heavy (non-hydrogen) atoms. The summed E-state index contributed by atoms with van der Waals surface area (Å²) in [6.07, 6.45) is 3.29. The lowest BCUT2D eigenvalue weighted by Gasteiger charge is -2.31. The zero-order chi connectivity index (χ0) is 13.1. The van der Waals surface area contributed by atoms with Crippen LogP contribution in [-0.2, 0) is 4.79 Å². The van der Waals surface area contributed by atoms with Crippen LogP contribution in [0, 0.1) is 0 Å². The first-order valence-electron chi connectivity index (χ1n) is 6.13. The Morgan fingerprint density at radius 3 is 2.41 bits per heavy atom. The molecule has 1 rings (SSSR count). The molecule has 2 N–H and O–H groups in total. The van der Waals surface area contributed by atoms with Gasteiger partial charge in [-0.05, 0) is 33.6 Å².